The third-order valence-corrected chi connectivity index (χ3v) is 5.52. The molecule has 0 aromatic heterocycles. The summed E-state index contributed by atoms with van der Waals surface area (Å²) in [4.78, 5) is 0. The molecule has 0 bridgehead atoms. The molecule has 20 heavy (non-hydrogen) atoms. The third-order valence-electron chi connectivity index (χ3n) is 3.78. The van der Waals surface area contributed by atoms with Crippen LogP contribution < -0.4 is 4.74 Å². The fraction of sp³-hybridized carbons (Fsp3) is 0.562. The van der Waals surface area contributed by atoms with E-state index >= 15 is 0 Å². The van der Waals surface area contributed by atoms with Gasteiger partial charge in [-0.1, -0.05) is 25.8 Å². The minimum atomic E-state index is -0.798. The zero-order chi connectivity index (χ0) is 14.4. The first kappa shape index (κ1) is 15.1. The number of hydrogen-bond acceptors (Lipinski definition) is 3. The minimum absolute atomic E-state index is 0.341. The quantitative estimate of drug-likeness (QED) is 0.836. The lowest BCUT2D eigenvalue weighted by molar-refractivity contribution is 0.340. The number of benzene rings is 1. The first-order valence-electron chi connectivity index (χ1n) is 7.19. The van der Waals surface area contributed by atoms with Crippen LogP contribution in [-0.4, -0.2) is 21.8 Å². The Morgan fingerprint density at radius 1 is 1.45 bits per heavy atom. The van der Waals surface area contributed by atoms with Crippen LogP contribution in [0.25, 0.3) is 0 Å². The SMILES string of the molecule is CC1CCCC(S(=O)CCOc2cccc(C#N)c2)C1. The van der Waals surface area contributed by atoms with Gasteiger partial charge in [0, 0.05) is 16.0 Å². The first-order valence-corrected chi connectivity index (χ1v) is 8.57. The maximum Gasteiger partial charge on any atom is 0.120 e. The van der Waals surface area contributed by atoms with Gasteiger partial charge in [0.1, 0.15) is 5.75 Å². The van der Waals surface area contributed by atoms with Gasteiger partial charge >= 0.3 is 0 Å². The number of ether oxygens (including phenoxy) is 1. The lowest BCUT2D eigenvalue weighted by Crippen LogP contribution is -2.26. The van der Waals surface area contributed by atoms with E-state index in [1.165, 1.54) is 12.8 Å². The van der Waals surface area contributed by atoms with Gasteiger partial charge in [0.15, 0.2) is 0 Å². The van der Waals surface area contributed by atoms with E-state index in [-0.39, 0.29) is 0 Å². The molecule has 1 aromatic rings. The standard InChI is InChI=1S/C16H21NO2S/c1-13-4-2-7-16(10-13)20(18)9-8-19-15-6-3-5-14(11-15)12-17/h3,5-6,11,13,16H,2,4,7-10H2,1H3. The van der Waals surface area contributed by atoms with Crippen molar-refractivity contribution in [1.29, 1.82) is 5.26 Å². The van der Waals surface area contributed by atoms with E-state index in [1.807, 2.05) is 6.07 Å². The molecule has 3 unspecified atom stereocenters. The van der Waals surface area contributed by atoms with Crippen LogP contribution in [0.2, 0.25) is 0 Å². The van der Waals surface area contributed by atoms with Crippen molar-refractivity contribution in [2.45, 2.75) is 37.9 Å². The molecule has 1 aromatic carbocycles. The number of nitriles is 1. The molecular weight excluding hydrogens is 270 g/mol. The molecule has 0 radical (unpaired) electrons. The smallest absolute Gasteiger partial charge is 0.120 e. The lowest BCUT2D eigenvalue weighted by atomic mass is 9.91. The van der Waals surface area contributed by atoms with Crippen molar-refractivity contribution in [2.24, 2.45) is 5.92 Å². The Hall–Kier alpha value is -1.34. The van der Waals surface area contributed by atoms with Gasteiger partial charge in [0.25, 0.3) is 0 Å². The molecule has 0 N–H and O–H groups in total. The highest BCUT2D eigenvalue weighted by atomic mass is 32.2. The summed E-state index contributed by atoms with van der Waals surface area (Å²) >= 11 is 0. The zero-order valence-corrected chi connectivity index (χ0v) is 12.7. The van der Waals surface area contributed by atoms with Crippen molar-refractivity contribution in [2.75, 3.05) is 12.4 Å². The lowest BCUT2D eigenvalue weighted by Gasteiger charge is -2.25. The Bertz CT molecular complexity index is 509. The van der Waals surface area contributed by atoms with Gasteiger partial charge in [0.2, 0.25) is 0 Å². The van der Waals surface area contributed by atoms with E-state index in [2.05, 4.69) is 13.0 Å². The molecule has 0 aliphatic heterocycles. The van der Waals surface area contributed by atoms with Gasteiger partial charge in [-0.15, -0.1) is 0 Å². The van der Waals surface area contributed by atoms with Crippen molar-refractivity contribution in [3.8, 4) is 11.8 Å². The second kappa shape index (κ2) is 7.44. The van der Waals surface area contributed by atoms with Gasteiger partial charge in [-0.25, -0.2) is 0 Å². The highest BCUT2D eigenvalue weighted by molar-refractivity contribution is 7.85. The van der Waals surface area contributed by atoms with Crippen molar-refractivity contribution in [3.63, 3.8) is 0 Å². The number of rotatable bonds is 5. The number of hydrogen-bond donors (Lipinski definition) is 0. The Labute approximate surface area is 123 Å². The molecule has 1 aliphatic carbocycles. The monoisotopic (exact) mass is 291 g/mol. The van der Waals surface area contributed by atoms with Gasteiger partial charge in [-0.2, -0.15) is 5.26 Å². The fourth-order valence-electron chi connectivity index (χ4n) is 2.68. The average Bonchev–Trinajstić information content (AvgIpc) is 2.47. The summed E-state index contributed by atoms with van der Waals surface area (Å²) in [5.74, 6) is 1.96. The molecule has 2 rings (SSSR count). The highest BCUT2D eigenvalue weighted by Crippen LogP contribution is 2.27. The molecule has 3 nitrogen and oxygen atoms in total. The topological polar surface area (TPSA) is 50.1 Å². The van der Waals surface area contributed by atoms with E-state index < -0.39 is 10.8 Å². The normalized spacial score (nSPS) is 23.8. The fourth-order valence-corrected chi connectivity index (χ4v) is 4.23. The van der Waals surface area contributed by atoms with E-state index in [1.54, 1.807) is 18.2 Å². The molecule has 1 saturated carbocycles. The second-order valence-electron chi connectivity index (χ2n) is 5.47. The second-order valence-corrected chi connectivity index (χ2v) is 7.30. The van der Waals surface area contributed by atoms with E-state index in [0.717, 1.165) is 12.8 Å². The van der Waals surface area contributed by atoms with E-state index in [9.17, 15) is 4.21 Å². The van der Waals surface area contributed by atoms with Crippen LogP contribution in [-0.2, 0) is 10.8 Å². The molecule has 0 amide bonds. The summed E-state index contributed by atoms with van der Waals surface area (Å²) in [6.07, 6.45) is 4.63. The number of nitrogens with zero attached hydrogens (tertiary/aromatic N) is 1. The van der Waals surface area contributed by atoms with Crippen LogP contribution in [0.3, 0.4) is 0 Å². The average molecular weight is 291 g/mol. The summed E-state index contributed by atoms with van der Waals surface area (Å²) in [7, 11) is -0.798. The van der Waals surface area contributed by atoms with Crippen LogP contribution >= 0.6 is 0 Å². The summed E-state index contributed by atoms with van der Waals surface area (Å²) in [6.45, 7) is 2.69. The van der Waals surface area contributed by atoms with Gasteiger partial charge in [-0.05, 0) is 37.0 Å². The largest absolute Gasteiger partial charge is 0.493 e. The Morgan fingerprint density at radius 2 is 2.30 bits per heavy atom. The van der Waals surface area contributed by atoms with Crippen LogP contribution in [0.15, 0.2) is 24.3 Å². The van der Waals surface area contributed by atoms with Gasteiger partial charge in [0.05, 0.1) is 24.0 Å². The molecule has 1 fully saturated rings. The van der Waals surface area contributed by atoms with Crippen molar-refractivity contribution in [1.82, 2.24) is 0 Å². The predicted molar refractivity (Wildman–Crippen MR) is 81.1 cm³/mol. The molecule has 0 spiro atoms. The molecular formula is C16H21NO2S. The van der Waals surface area contributed by atoms with Crippen molar-refractivity contribution in [3.05, 3.63) is 29.8 Å². The Balaban J connectivity index is 1.77. The summed E-state index contributed by atoms with van der Waals surface area (Å²) in [6, 6.07) is 9.17. The molecule has 1 aliphatic rings. The summed E-state index contributed by atoms with van der Waals surface area (Å²) in [5.41, 5.74) is 0.588. The maximum atomic E-state index is 12.2. The zero-order valence-electron chi connectivity index (χ0n) is 11.9. The van der Waals surface area contributed by atoms with Gasteiger partial charge < -0.3 is 4.74 Å². The van der Waals surface area contributed by atoms with E-state index in [0.29, 0.717) is 34.8 Å². The molecule has 4 heteroatoms. The highest BCUT2D eigenvalue weighted by Gasteiger charge is 2.23. The van der Waals surface area contributed by atoms with Crippen LogP contribution in [0.1, 0.15) is 38.2 Å². The van der Waals surface area contributed by atoms with Crippen LogP contribution in [0.5, 0.6) is 5.75 Å². The van der Waals surface area contributed by atoms with Crippen molar-refractivity contribution >= 4 is 10.8 Å². The van der Waals surface area contributed by atoms with E-state index in [4.69, 9.17) is 10.00 Å². The minimum Gasteiger partial charge on any atom is -0.493 e. The third kappa shape index (κ3) is 4.35. The van der Waals surface area contributed by atoms with Crippen LogP contribution in [0, 0.1) is 17.2 Å². The Morgan fingerprint density at radius 3 is 3.05 bits per heavy atom. The molecule has 0 heterocycles. The van der Waals surface area contributed by atoms with Crippen LogP contribution in [0.4, 0.5) is 0 Å². The first-order chi connectivity index (χ1) is 9.69. The molecule has 3 atom stereocenters. The summed E-state index contributed by atoms with van der Waals surface area (Å²) in [5, 5.41) is 9.16. The van der Waals surface area contributed by atoms with Crippen molar-refractivity contribution < 1.29 is 8.95 Å². The Kier molecular flexibility index (Phi) is 5.60. The van der Waals surface area contributed by atoms with Gasteiger partial charge in [-0.3, -0.25) is 4.21 Å². The molecule has 0 saturated heterocycles. The molecule has 108 valence electrons. The maximum absolute atomic E-state index is 12.2. The summed E-state index contributed by atoms with van der Waals surface area (Å²) < 4.78 is 17.8. The predicted octanol–water partition coefficient (Wildman–Crippen LogP) is 3.26.